The van der Waals surface area contributed by atoms with Gasteiger partial charge < -0.3 is 11.1 Å². The topological polar surface area (TPSA) is 110 Å². The molecule has 0 fully saturated rings. The van der Waals surface area contributed by atoms with Crippen LogP contribution < -0.4 is 11.1 Å². The van der Waals surface area contributed by atoms with E-state index in [1.54, 1.807) is 30.3 Å². The zero-order valence-corrected chi connectivity index (χ0v) is 13.8. The Morgan fingerprint density at radius 2 is 1.62 bits per heavy atom. The average Bonchev–Trinajstić information content (AvgIpc) is 2.55. The number of primary amides is 1. The molecule has 0 aliphatic rings. The van der Waals surface area contributed by atoms with Crippen LogP contribution in [0.3, 0.4) is 0 Å². The standard InChI is InChI=1S/C16H17N3O4S/c1-19(24(22,23)12-7-3-2-4-8-12)11-15(20)18-14-10-6-5-9-13(14)16(17)21/h2-10H,11H2,1H3,(H2,17,21)(H,18,20). The first-order chi connectivity index (χ1) is 11.3. The summed E-state index contributed by atoms with van der Waals surface area (Å²) in [6.07, 6.45) is 0. The van der Waals surface area contributed by atoms with Crippen molar-refractivity contribution in [1.82, 2.24) is 4.31 Å². The number of likely N-dealkylation sites (N-methyl/N-ethyl adjacent to an activating group) is 1. The molecule has 2 aromatic carbocycles. The minimum atomic E-state index is -3.77. The minimum Gasteiger partial charge on any atom is -0.366 e. The molecule has 0 aliphatic heterocycles. The molecule has 0 atom stereocenters. The molecule has 8 heteroatoms. The lowest BCUT2D eigenvalue weighted by Gasteiger charge is -2.17. The van der Waals surface area contributed by atoms with Crippen LogP contribution in [0.15, 0.2) is 59.5 Å². The number of para-hydroxylation sites is 1. The summed E-state index contributed by atoms with van der Waals surface area (Å²) >= 11 is 0. The number of benzene rings is 2. The van der Waals surface area contributed by atoms with Crippen LogP contribution in [-0.4, -0.2) is 38.1 Å². The molecule has 0 radical (unpaired) electrons. The van der Waals surface area contributed by atoms with Gasteiger partial charge in [0.25, 0.3) is 5.91 Å². The first kappa shape index (κ1) is 17.6. The second-order valence-corrected chi connectivity index (χ2v) is 7.08. The van der Waals surface area contributed by atoms with Gasteiger partial charge >= 0.3 is 0 Å². The Bertz CT molecular complexity index is 851. The molecule has 0 bridgehead atoms. The molecule has 3 N–H and O–H groups in total. The molecular formula is C16H17N3O4S. The SMILES string of the molecule is CN(CC(=O)Nc1ccccc1C(N)=O)S(=O)(=O)c1ccccc1. The van der Waals surface area contributed by atoms with Gasteiger partial charge in [-0.15, -0.1) is 0 Å². The highest BCUT2D eigenvalue weighted by Crippen LogP contribution is 2.16. The third-order valence-corrected chi connectivity index (χ3v) is 5.10. The fourth-order valence-corrected chi connectivity index (χ4v) is 3.20. The molecule has 0 unspecified atom stereocenters. The van der Waals surface area contributed by atoms with E-state index in [9.17, 15) is 18.0 Å². The second kappa shape index (κ2) is 7.24. The number of carbonyl (C=O) groups excluding carboxylic acids is 2. The van der Waals surface area contributed by atoms with Crippen molar-refractivity contribution in [1.29, 1.82) is 0 Å². The molecule has 7 nitrogen and oxygen atoms in total. The maximum Gasteiger partial charge on any atom is 0.250 e. The smallest absolute Gasteiger partial charge is 0.250 e. The molecule has 2 rings (SSSR count). The van der Waals surface area contributed by atoms with E-state index in [-0.39, 0.29) is 16.1 Å². The molecular weight excluding hydrogens is 330 g/mol. The molecule has 24 heavy (non-hydrogen) atoms. The summed E-state index contributed by atoms with van der Waals surface area (Å²) in [5.74, 6) is -1.26. The van der Waals surface area contributed by atoms with Crippen LogP contribution in [0.5, 0.6) is 0 Å². The van der Waals surface area contributed by atoms with Crippen molar-refractivity contribution in [3.63, 3.8) is 0 Å². The zero-order valence-electron chi connectivity index (χ0n) is 13.0. The van der Waals surface area contributed by atoms with E-state index >= 15 is 0 Å². The number of anilines is 1. The van der Waals surface area contributed by atoms with Crippen molar-refractivity contribution < 1.29 is 18.0 Å². The molecule has 0 saturated carbocycles. The first-order valence-corrected chi connectivity index (χ1v) is 8.46. The van der Waals surface area contributed by atoms with E-state index in [4.69, 9.17) is 5.73 Å². The van der Waals surface area contributed by atoms with Gasteiger partial charge in [0.05, 0.1) is 22.7 Å². The van der Waals surface area contributed by atoms with Crippen LogP contribution in [0.1, 0.15) is 10.4 Å². The Labute approximate surface area is 140 Å². The van der Waals surface area contributed by atoms with E-state index < -0.39 is 28.4 Å². The molecule has 0 aromatic heterocycles. The van der Waals surface area contributed by atoms with E-state index in [2.05, 4.69) is 5.32 Å². The number of hydrogen-bond acceptors (Lipinski definition) is 4. The Balaban J connectivity index is 2.12. The third kappa shape index (κ3) is 3.98. The lowest BCUT2D eigenvalue weighted by Crippen LogP contribution is -2.35. The van der Waals surface area contributed by atoms with Crippen LogP contribution in [0.2, 0.25) is 0 Å². The van der Waals surface area contributed by atoms with Crippen molar-refractivity contribution in [2.24, 2.45) is 5.73 Å². The number of amides is 2. The van der Waals surface area contributed by atoms with Crippen molar-refractivity contribution in [2.45, 2.75) is 4.90 Å². The number of hydrogen-bond donors (Lipinski definition) is 2. The van der Waals surface area contributed by atoms with Crippen LogP contribution in [0.25, 0.3) is 0 Å². The highest BCUT2D eigenvalue weighted by Gasteiger charge is 2.23. The number of nitrogens with two attached hydrogens (primary N) is 1. The van der Waals surface area contributed by atoms with E-state index in [0.29, 0.717) is 0 Å². The molecule has 0 heterocycles. The summed E-state index contributed by atoms with van der Waals surface area (Å²) in [6.45, 7) is -0.398. The van der Waals surface area contributed by atoms with Crippen molar-refractivity contribution in [3.05, 3.63) is 60.2 Å². The summed E-state index contributed by atoms with van der Waals surface area (Å²) in [5.41, 5.74) is 5.63. The van der Waals surface area contributed by atoms with Gasteiger partial charge in [-0.25, -0.2) is 8.42 Å². The van der Waals surface area contributed by atoms with E-state index in [0.717, 1.165) is 4.31 Å². The predicted molar refractivity (Wildman–Crippen MR) is 89.8 cm³/mol. The minimum absolute atomic E-state index is 0.0952. The summed E-state index contributed by atoms with van der Waals surface area (Å²) < 4.78 is 25.7. The number of nitrogens with zero attached hydrogens (tertiary/aromatic N) is 1. The summed E-state index contributed by atoms with van der Waals surface area (Å²) in [6, 6.07) is 14.0. The summed E-state index contributed by atoms with van der Waals surface area (Å²) in [4.78, 5) is 23.5. The molecule has 0 aliphatic carbocycles. The number of rotatable bonds is 6. The Morgan fingerprint density at radius 3 is 2.25 bits per heavy atom. The van der Waals surface area contributed by atoms with E-state index in [1.165, 1.54) is 31.3 Å². The van der Waals surface area contributed by atoms with Crippen LogP contribution in [-0.2, 0) is 14.8 Å². The molecule has 126 valence electrons. The van der Waals surface area contributed by atoms with Gasteiger partial charge in [-0.05, 0) is 24.3 Å². The Morgan fingerprint density at radius 1 is 1.04 bits per heavy atom. The lowest BCUT2D eigenvalue weighted by molar-refractivity contribution is -0.116. The lowest BCUT2D eigenvalue weighted by atomic mass is 10.1. The largest absolute Gasteiger partial charge is 0.366 e. The highest BCUT2D eigenvalue weighted by atomic mass is 32.2. The monoisotopic (exact) mass is 347 g/mol. The maximum absolute atomic E-state index is 12.4. The number of carbonyl (C=O) groups is 2. The highest BCUT2D eigenvalue weighted by molar-refractivity contribution is 7.89. The quantitative estimate of drug-likeness (QED) is 0.813. The number of nitrogens with one attached hydrogen (secondary N) is 1. The molecule has 0 spiro atoms. The first-order valence-electron chi connectivity index (χ1n) is 7.02. The number of sulfonamides is 1. The van der Waals surface area contributed by atoms with Crippen LogP contribution in [0, 0.1) is 0 Å². The Kier molecular flexibility index (Phi) is 5.32. The van der Waals surface area contributed by atoms with Gasteiger partial charge in [-0.2, -0.15) is 4.31 Å². The van der Waals surface area contributed by atoms with Gasteiger partial charge in [0.1, 0.15) is 0 Å². The van der Waals surface area contributed by atoms with Crippen LogP contribution in [0.4, 0.5) is 5.69 Å². The maximum atomic E-state index is 12.4. The average molecular weight is 347 g/mol. The van der Waals surface area contributed by atoms with Gasteiger partial charge in [-0.3, -0.25) is 9.59 Å². The van der Waals surface area contributed by atoms with Crippen molar-refractivity contribution in [3.8, 4) is 0 Å². The summed E-state index contributed by atoms with van der Waals surface area (Å²) in [5, 5.41) is 2.50. The van der Waals surface area contributed by atoms with E-state index in [1.807, 2.05) is 0 Å². The van der Waals surface area contributed by atoms with Crippen molar-refractivity contribution in [2.75, 3.05) is 18.9 Å². The predicted octanol–water partition coefficient (Wildman–Crippen LogP) is 1.04. The van der Waals surface area contributed by atoms with Gasteiger partial charge in [-0.1, -0.05) is 30.3 Å². The fourth-order valence-electron chi connectivity index (χ4n) is 2.06. The molecule has 2 aromatic rings. The van der Waals surface area contributed by atoms with Crippen molar-refractivity contribution >= 4 is 27.5 Å². The third-order valence-electron chi connectivity index (χ3n) is 3.28. The normalized spacial score (nSPS) is 11.2. The van der Waals surface area contributed by atoms with Crippen LogP contribution >= 0.6 is 0 Å². The van der Waals surface area contributed by atoms with Gasteiger partial charge in [0, 0.05) is 7.05 Å². The van der Waals surface area contributed by atoms with Gasteiger partial charge in [0.2, 0.25) is 15.9 Å². The summed E-state index contributed by atoms with van der Waals surface area (Å²) in [7, 11) is -2.46. The molecule has 0 saturated heterocycles. The zero-order chi connectivity index (χ0) is 17.7. The molecule has 2 amide bonds. The Hall–Kier alpha value is -2.71. The second-order valence-electron chi connectivity index (χ2n) is 5.03. The fraction of sp³-hybridized carbons (Fsp3) is 0.125. The van der Waals surface area contributed by atoms with Gasteiger partial charge in [0.15, 0.2) is 0 Å².